The lowest BCUT2D eigenvalue weighted by molar-refractivity contribution is -0.154. The summed E-state index contributed by atoms with van der Waals surface area (Å²) in [6.45, 7) is 1.89. The maximum Gasteiger partial charge on any atom is 0.313 e. The van der Waals surface area contributed by atoms with Crippen LogP contribution in [0.25, 0.3) is 0 Å². The first-order chi connectivity index (χ1) is 7.16. The molecule has 0 spiro atoms. The van der Waals surface area contributed by atoms with Crippen molar-refractivity contribution < 1.29 is 13.9 Å². The lowest BCUT2D eigenvalue weighted by Gasteiger charge is -2.25. The van der Waals surface area contributed by atoms with Gasteiger partial charge in [-0.25, -0.2) is 4.39 Å². The van der Waals surface area contributed by atoms with Gasteiger partial charge < -0.3 is 4.74 Å². The second-order valence-electron chi connectivity index (χ2n) is 3.93. The van der Waals surface area contributed by atoms with Crippen LogP contribution in [0.1, 0.15) is 31.2 Å². The molecule has 1 aromatic rings. The highest BCUT2D eigenvalue weighted by atomic mass is 19.1. The molecule has 1 heterocycles. The zero-order valence-corrected chi connectivity index (χ0v) is 8.57. The molecule has 0 N–H and O–H groups in total. The first-order valence-corrected chi connectivity index (χ1v) is 5.13. The summed E-state index contributed by atoms with van der Waals surface area (Å²) in [4.78, 5) is 11.6. The van der Waals surface area contributed by atoms with Gasteiger partial charge in [0.2, 0.25) is 0 Å². The van der Waals surface area contributed by atoms with E-state index in [4.69, 9.17) is 4.74 Å². The van der Waals surface area contributed by atoms with Crippen molar-refractivity contribution in [3.05, 3.63) is 35.6 Å². The van der Waals surface area contributed by atoms with Gasteiger partial charge in [-0.1, -0.05) is 12.1 Å². The third-order valence-electron chi connectivity index (χ3n) is 2.74. The summed E-state index contributed by atoms with van der Waals surface area (Å²) in [6.07, 6.45) is 1.66. The van der Waals surface area contributed by atoms with Crippen LogP contribution in [0.5, 0.6) is 0 Å². The Kier molecular flexibility index (Phi) is 2.71. The Morgan fingerprint density at radius 2 is 1.93 bits per heavy atom. The van der Waals surface area contributed by atoms with E-state index in [0.717, 1.165) is 18.4 Å². The predicted octanol–water partition coefficient (Wildman–Crippen LogP) is 2.63. The number of carbonyl (C=O) groups is 1. The Bertz CT molecular complexity index is 358. The highest BCUT2D eigenvalue weighted by molar-refractivity contribution is 5.78. The van der Waals surface area contributed by atoms with E-state index in [2.05, 4.69) is 0 Å². The van der Waals surface area contributed by atoms with E-state index in [1.54, 1.807) is 12.1 Å². The number of rotatable bonds is 1. The summed E-state index contributed by atoms with van der Waals surface area (Å²) in [5.74, 6) is -0.696. The van der Waals surface area contributed by atoms with Gasteiger partial charge in [-0.3, -0.25) is 4.79 Å². The topological polar surface area (TPSA) is 26.3 Å². The van der Waals surface area contributed by atoms with Gasteiger partial charge in [0, 0.05) is 0 Å². The predicted molar refractivity (Wildman–Crippen MR) is 53.9 cm³/mol. The van der Waals surface area contributed by atoms with Gasteiger partial charge in [0.25, 0.3) is 0 Å². The zero-order valence-electron chi connectivity index (χ0n) is 8.57. The lowest BCUT2D eigenvalue weighted by atomic mass is 9.91. The molecule has 1 aromatic carbocycles. The fourth-order valence-electron chi connectivity index (χ4n) is 1.86. The Labute approximate surface area is 88.1 Å². The highest BCUT2D eigenvalue weighted by Crippen LogP contribution is 2.29. The minimum Gasteiger partial charge on any atom is -0.462 e. The van der Waals surface area contributed by atoms with Crippen LogP contribution in [0.15, 0.2) is 24.3 Å². The van der Waals surface area contributed by atoms with Crippen molar-refractivity contribution in [2.24, 2.45) is 0 Å². The summed E-state index contributed by atoms with van der Waals surface area (Å²) in [6, 6.07) is 6.05. The second kappa shape index (κ2) is 4.01. The number of hydrogen-bond acceptors (Lipinski definition) is 2. The Hall–Kier alpha value is -1.38. The average Bonchev–Trinajstić information content (AvgIpc) is 2.20. The van der Waals surface area contributed by atoms with Gasteiger partial charge in [0.15, 0.2) is 0 Å². The van der Waals surface area contributed by atoms with Crippen LogP contribution in [0.3, 0.4) is 0 Å². The lowest BCUT2D eigenvalue weighted by Crippen LogP contribution is -2.27. The van der Waals surface area contributed by atoms with E-state index < -0.39 is 0 Å². The Morgan fingerprint density at radius 1 is 1.27 bits per heavy atom. The number of esters is 1. The van der Waals surface area contributed by atoms with Crippen LogP contribution in [-0.4, -0.2) is 12.1 Å². The fourth-order valence-corrected chi connectivity index (χ4v) is 1.86. The third-order valence-corrected chi connectivity index (χ3v) is 2.74. The van der Waals surface area contributed by atoms with Crippen LogP contribution < -0.4 is 0 Å². The molecule has 0 aliphatic carbocycles. The van der Waals surface area contributed by atoms with Crippen molar-refractivity contribution in [3.8, 4) is 0 Å². The van der Waals surface area contributed by atoms with Crippen LogP contribution >= 0.6 is 0 Å². The molecule has 0 aromatic heterocycles. The van der Waals surface area contributed by atoms with E-state index >= 15 is 0 Å². The average molecular weight is 208 g/mol. The number of ether oxygens (including phenoxy) is 1. The van der Waals surface area contributed by atoms with E-state index in [1.807, 2.05) is 6.92 Å². The number of benzene rings is 1. The van der Waals surface area contributed by atoms with Gasteiger partial charge >= 0.3 is 5.97 Å². The maximum absolute atomic E-state index is 12.7. The molecule has 0 saturated carbocycles. The largest absolute Gasteiger partial charge is 0.462 e. The molecule has 1 fully saturated rings. The van der Waals surface area contributed by atoms with E-state index in [9.17, 15) is 9.18 Å². The Morgan fingerprint density at radius 3 is 2.53 bits per heavy atom. The Balaban J connectivity index is 2.17. The molecular formula is C12H13FO2. The highest BCUT2D eigenvalue weighted by Gasteiger charge is 2.28. The quantitative estimate of drug-likeness (QED) is 0.663. The molecule has 2 rings (SSSR count). The van der Waals surface area contributed by atoms with Gasteiger partial charge in [-0.05, 0) is 37.5 Å². The van der Waals surface area contributed by atoms with E-state index in [1.165, 1.54) is 12.1 Å². The molecule has 2 unspecified atom stereocenters. The summed E-state index contributed by atoms with van der Waals surface area (Å²) in [7, 11) is 0. The van der Waals surface area contributed by atoms with Gasteiger partial charge in [-0.2, -0.15) is 0 Å². The fraction of sp³-hybridized carbons (Fsp3) is 0.417. The van der Waals surface area contributed by atoms with E-state index in [0.29, 0.717) is 0 Å². The monoisotopic (exact) mass is 208 g/mol. The maximum atomic E-state index is 12.7. The van der Waals surface area contributed by atoms with Crippen molar-refractivity contribution in [2.75, 3.05) is 0 Å². The number of hydrogen-bond donors (Lipinski definition) is 0. The third kappa shape index (κ3) is 2.17. The van der Waals surface area contributed by atoms with Crippen LogP contribution in [0.4, 0.5) is 4.39 Å². The molecular weight excluding hydrogens is 195 g/mol. The summed E-state index contributed by atoms with van der Waals surface area (Å²) < 4.78 is 17.8. The molecule has 2 atom stereocenters. The van der Waals surface area contributed by atoms with Crippen LogP contribution in [0, 0.1) is 5.82 Å². The molecule has 1 saturated heterocycles. The summed E-state index contributed by atoms with van der Waals surface area (Å²) >= 11 is 0. The molecule has 0 radical (unpaired) electrons. The molecule has 15 heavy (non-hydrogen) atoms. The molecule has 0 amide bonds. The number of carbonyl (C=O) groups excluding carboxylic acids is 1. The van der Waals surface area contributed by atoms with Gasteiger partial charge in [0.05, 0.1) is 12.0 Å². The molecule has 0 bridgehead atoms. The minimum atomic E-state index is -0.281. The summed E-state index contributed by atoms with van der Waals surface area (Å²) in [5, 5.41) is 0. The van der Waals surface area contributed by atoms with Crippen molar-refractivity contribution in [2.45, 2.75) is 31.8 Å². The van der Waals surface area contributed by atoms with Crippen molar-refractivity contribution >= 4 is 5.97 Å². The smallest absolute Gasteiger partial charge is 0.313 e. The normalized spacial score (nSPS) is 26.1. The van der Waals surface area contributed by atoms with Gasteiger partial charge in [-0.15, -0.1) is 0 Å². The number of halogens is 1. The van der Waals surface area contributed by atoms with Crippen LogP contribution in [0.2, 0.25) is 0 Å². The van der Waals surface area contributed by atoms with Crippen molar-refractivity contribution in [3.63, 3.8) is 0 Å². The van der Waals surface area contributed by atoms with Gasteiger partial charge in [0.1, 0.15) is 5.82 Å². The summed E-state index contributed by atoms with van der Waals surface area (Å²) in [5.41, 5.74) is 0.841. The van der Waals surface area contributed by atoms with Crippen molar-refractivity contribution in [1.82, 2.24) is 0 Å². The zero-order chi connectivity index (χ0) is 10.8. The molecule has 1 aliphatic rings. The number of cyclic esters (lactones) is 1. The minimum absolute atomic E-state index is 0.00852. The molecule has 80 valence electrons. The first kappa shape index (κ1) is 10.1. The van der Waals surface area contributed by atoms with Crippen molar-refractivity contribution in [1.29, 1.82) is 0 Å². The first-order valence-electron chi connectivity index (χ1n) is 5.13. The van der Waals surface area contributed by atoms with E-state index in [-0.39, 0.29) is 23.8 Å². The molecule has 2 nitrogen and oxygen atoms in total. The SMILES string of the molecule is CC1CCC(c2ccc(F)cc2)C(=O)O1. The van der Waals surface area contributed by atoms with Crippen LogP contribution in [-0.2, 0) is 9.53 Å². The standard InChI is InChI=1S/C12H13FO2/c1-8-2-7-11(12(14)15-8)9-3-5-10(13)6-4-9/h3-6,8,11H,2,7H2,1H3. The molecule has 3 heteroatoms. The second-order valence-corrected chi connectivity index (χ2v) is 3.93. The molecule has 1 aliphatic heterocycles.